The second-order valence-electron chi connectivity index (χ2n) is 4.51. The zero-order valence-electron chi connectivity index (χ0n) is 12.8. The van der Waals surface area contributed by atoms with E-state index in [1.54, 1.807) is 31.2 Å². The van der Waals surface area contributed by atoms with Gasteiger partial charge in [-0.2, -0.15) is 9.78 Å². The third-order valence-corrected chi connectivity index (χ3v) is 3.46. The highest BCUT2D eigenvalue weighted by molar-refractivity contribution is 6.31. The molecule has 1 aromatic carbocycles. The number of hydrogen-bond acceptors (Lipinski definition) is 5. The normalized spacial score (nSPS) is 10.3. The van der Waals surface area contributed by atoms with Crippen molar-refractivity contribution in [2.75, 3.05) is 19.8 Å². The number of ether oxygens (including phenoxy) is 2. The average molecular weight is 372 g/mol. The van der Waals surface area contributed by atoms with Crippen molar-refractivity contribution in [3.63, 3.8) is 0 Å². The summed E-state index contributed by atoms with van der Waals surface area (Å²) in [5.74, 6) is 0.137. The molecule has 0 saturated carbocycles. The highest BCUT2D eigenvalue weighted by Gasteiger charge is 2.12. The van der Waals surface area contributed by atoms with Crippen molar-refractivity contribution < 1.29 is 14.3 Å². The van der Waals surface area contributed by atoms with Gasteiger partial charge in [-0.1, -0.05) is 23.2 Å². The van der Waals surface area contributed by atoms with Crippen LogP contribution in [0.15, 0.2) is 35.3 Å². The van der Waals surface area contributed by atoms with E-state index in [1.165, 1.54) is 6.20 Å². The zero-order chi connectivity index (χ0) is 17.5. The maximum atomic E-state index is 12.3. The molecule has 1 heterocycles. The summed E-state index contributed by atoms with van der Waals surface area (Å²) in [6.07, 6.45) is 0.798. The molecule has 2 aromatic rings. The first-order valence-corrected chi connectivity index (χ1v) is 7.85. The molecule has 2 rings (SSSR count). The molecule has 0 aliphatic rings. The van der Waals surface area contributed by atoms with Crippen LogP contribution in [0.3, 0.4) is 0 Å². The number of amides is 1. The molecule has 0 atom stereocenters. The molecule has 1 aromatic heterocycles. The number of rotatable bonds is 6. The lowest BCUT2D eigenvalue weighted by Crippen LogP contribution is -2.29. The summed E-state index contributed by atoms with van der Waals surface area (Å²) in [4.78, 5) is 23.4. The summed E-state index contributed by atoms with van der Waals surface area (Å²) in [6.45, 7) is 2.31. The van der Waals surface area contributed by atoms with Crippen molar-refractivity contribution >= 4 is 29.3 Å². The van der Waals surface area contributed by atoms with Gasteiger partial charge < -0.3 is 14.8 Å². The topological polar surface area (TPSA) is 82.4 Å². The molecule has 0 radical (unpaired) electrons. The van der Waals surface area contributed by atoms with Crippen LogP contribution >= 0.6 is 23.2 Å². The van der Waals surface area contributed by atoms with Crippen LogP contribution in [-0.4, -0.2) is 35.6 Å². The fourth-order valence-electron chi connectivity index (χ4n) is 1.78. The van der Waals surface area contributed by atoms with Crippen molar-refractivity contribution in [1.29, 1.82) is 0 Å². The number of nitrogens with zero attached hydrogens (tertiary/aromatic N) is 2. The SMILES string of the molecule is CCOC(=O)NCCOc1cnn(-c2ccc(Cl)cc2)c(=O)c1Cl. The van der Waals surface area contributed by atoms with Crippen LogP contribution in [0.5, 0.6) is 5.75 Å². The Balaban J connectivity index is 2.03. The van der Waals surface area contributed by atoms with Gasteiger partial charge in [0.05, 0.1) is 25.0 Å². The van der Waals surface area contributed by atoms with E-state index in [0.29, 0.717) is 10.7 Å². The van der Waals surface area contributed by atoms with Crippen molar-refractivity contribution in [3.05, 3.63) is 50.9 Å². The highest BCUT2D eigenvalue weighted by Crippen LogP contribution is 2.19. The Morgan fingerprint density at radius 2 is 2.00 bits per heavy atom. The largest absolute Gasteiger partial charge is 0.488 e. The molecule has 1 amide bonds. The van der Waals surface area contributed by atoms with Crippen LogP contribution in [-0.2, 0) is 4.74 Å². The van der Waals surface area contributed by atoms with Crippen LogP contribution in [0, 0.1) is 0 Å². The molecule has 9 heteroatoms. The van der Waals surface area contributed by atoms with Gasteiger partial charge in [0.15, 0.2) is 10.8 Å². The Morgan fingerprint density at radius 1 is 1.29 bits per heavy atom. The Hall–Kier alpha value is -2.25. The van der Waals surface area contributed by atoms with Crippen LogP contribution in [0.2, 0.25) is 10.0 Å². The molecular formula is C15H15Cl2N3O4. The van der Waals surface area contributed by atoms with E-state index >= 15 is 0 Å². The van der Waals surface area contributed by atoms with Crippen LogP contribution in [0.4, 0.5) is 4.79 Å². The van der Waals surface area contributed by atoms with Crippen molar-refractivity contribution in [2.24, 2.45) is 0 Å². The number of benzene rings is 1. The summed E-state index contributed by atoms with van der Waals surface area (Å²) in [6, 6.07) is 6.59. The predicted molar refractivity (Wildman–Crippen MR) is 90.4 cm³/mol. The van der Waals surface area contributed by atoms with Gasteiger partial charge in [-0.05, 0) is 31.2 Å². The Kier molecular flexibility index (Phi) is 6.45. The van der Waals surface area contributed by atoms with Crippen LogP contribution < -0.4 is 15.6 Å². The minimum atomic E-state index is -0.538. The van der Waals surface area contributed by atoms with Gasteiger partial charge in [0.2, 0.25) is 0 Å². The number of halogens is 2. The van der Waals surface area contributed by atoms with Gasteiger partial charge in [0.1, 0.15) is 6.61 Å². The maximum absolute atomic E-state index is 12.3. The standard InChI is InChI=1S/C15H15Cl2N3O4/c1-2-23-15(22)18-7-8-24-12-9-19-20(14(21)13(12)17)11-5-3-10(16)4-6-11/h3-6,9H,2,7-8H2,1H3,(H,18,22). The molecule has 7 nitrogen and oxygen atoms in total. The Bertz CT molecular complexity index is 762. The molecule has 24 heavy (non-hydrogen) atoms. The molecule has 0 unspecified atom stereocenters. The smallest absolute Gasteiger partial charge is 0.407 e. The van der Waals surface area contributed by atoms with E-state index < -0.39 is 11.7 Å². The van der Waals surface area contributed by atoms with E-state index in [0.717, 1.165) is 4.68 Å². The summed E-state index contributed by atoms with van der Waals surface area (Å²) < 4.78 is 11.2. The predicted octanol–water partition coefficient (Wildman–Crippen LogP) is 2.66. The maximum Gasteiger partial charge on any atom is 0.407 e. The Morgan fingerprint density at radius 3 is 2.67 bits per heavy atom. The van der Waals surface area contributed by atoms with E-state index in [-0.39, 0.29) is 30.5 Å². The van der Waals surface area contributed by atoms with Crippen LogP contribution in [0.25, 0.3) is 5.69 Å². The second kappa shape index (κ2) is 8.56. The fraction of sp³-hybridized carbons (Fsp3) is 0.267. The molecule has 0 spiro atoms. The number of hydrogen-bond donors (Lipinski definition) is 1. The molecule has 0 bridgehead atoms. The molecule has 0 fully saturated rings. The van der Waals surface area contributed by atoms with E-state index in [9.17, 15) is 9.59 Å². The van der Waals surface area contributed by atoms with E-state index in [1.807, 2.05) is 0 Å². The molecule has 0 saturated heterocycles. The molecule has 0 aliphatic carbocycles. The summed E-state index contributed by atoms with van der Waals surface area (Å²) >= 11 is 11.8. The van der Waals surface area contributed by atoms with E-state index in [4.69, 9.17) is 32.7 Å². The molecule has 128 valence electrons. The van der Waals surface area contributed by atoms with Gasteiger partial charge in [-0.15, -0.1) is 0 Å². The Labute approximate surface area is 148 Å². The van der Waals surface area contributed by atoms with Crippen molar-refractivity contribution in [1.82, 2.24) is 15.1 Å². The second-order valence-corrected chi connectivity index (χ2v) is 5.33. The third-order valence-electron chi connectivity index (χ3n) is 2.86. The van der Waals surface area contributed by atoms with E-state index in [2.05, 4.69) is 10.4 Å². The first-order chi connectivity index (χ1) is 11.5. The first kappa shape index (κ1) is 18.1. The quantitative estimate of drug-likeness (QED) is 0.789. The fourth-order valence-corrected chi connectivity index (χ4v) is 2.09. The lowest BCUT2D eigenvalue weighted by atomic mass is 10.3. The first-order valence-electron chi connectivity index (χ1n) is 7.10. The molecule has 1 N–H and O–H groups in total. The van der Waals surface area contributed by atoms with Crippen molar-refractivity contribution in [2.45, 2.75) is 6.92 Å². The third kappa shape index (κ3) is 4.62. The number of aromatic nitrogens is 2. The summed E-state index contributed by atoms with van der Waals surface area (Å²) in [7, 11) is 0. The van der Waals surface area contributed by atoms with Crippen LogP contribution in [0.1, 0.15) is 6.92 Å². The average Bonchev–Trinajstić information content (AvgIpc) is 2.57. The zero-order valence-corrected chi connectivity index (χ0v) is 14.3. The summed E-state index contributed by atoms with van der Waals surface area (Å²) in [5, 5.41) is 6.95. The number of nitrogens with one attached hydrogen (secondary N) is 1. The lowest BCUT2D eigenvalue weighted by molar-refractivity contribution is 0.150. The van der Waals surface area contributed by atoms with Gasteiger partial charge in [-0.3, -0.25) is 4.79 Å². The van der Waals surface area contributed by atoms with Gasteiger partial charge in [-0.25, -0.2) is 4.79 Å². The van der Waals surface area contributed by atoms with Crippen molar-refractivity contribution in [3.8, 4) is 11.4 Å². The molecule has 0 aliphatic heterocycles. The number of carbonyl (C=O) groups excluding carboxylic acids is 1. The minimum absolute atomic E-state index is 0.101. The number of alkyl carbamates (subject to hydrolysis) is 1. The highest BCUT2D eigenvalue weighted by atomic mass is 35.5. The van der Waals surface area contributed by atoms with Gasteiger partial charge in [0.25, 0.3) is 5.56 Å². The van der Waals surface area contributed by atoms with Gasteiger partial charge in [0, 0.05) is 5.02 Å². The summed E-state index contributed by atoms with van der Waals surface area (Å²) in [5.41, 5.74) is 0.0108. The number of carbonyl (C=O) groups is 1. The van der Waals surface area contributed by atoms with Gasteiger partial charge >= 0.3 is 6.09 Å². The monoisotopic (exact) mass is 371 g/mol. The lowest BCUT2D eigenvalue weighted by Gasteiger charge is -2.10. The molecular weight excluding hydrogens is 357 g/mol. The minimum Gasteiger partial charge on any atom is -0.488 e.